The normalized spacial score (nSPS) is 18.8. The summed E-state index contributed by atoms with van der Waals surface area (Å²) < 4.78 is 5.51. The number of hydrogen-bond acceptors (Lipinski definition) is 3. The van der Waals surface area contributed by atoms with Gasteiger partial charge in [-0.05, 0) is 55.5 Å². The second kappa shape index (κ2) is 4.41. The third-order valence-corrected chi connectivity index (χ3v) is 5.38. The Labute approximate surface area is 126 Å². The van der Waals surface area contributed by atoms with Crippen molar-refractivity contribution in [3.05, 3.63) is 27.5 Å². The van der Waals surface area contributed by atoms with Crippen molar-refractivity contribution in [1.29, 1.82) is 0 Å². The van der Waals surface area contributed by atoms with Crippen LogP contribution in [0.15, 0.2) is 4.47 Å². The summed E-state index contributed by atoms with van der Waals surface area (Å²) in [5.41, 5.74) is 2.18. The summed E-state index contributed by atoms with van der Waals surface area (Å²) in [5, 5.41) is 13.5. The molecule has 2 fully saturated rings. The van der Waals surface area contributed by atoms with Gasteiger partial charge in [0.15, 0.2) is 5.82 Å². The average Bonchev–Trinajstić information content (AvgIpc) is 3.34. The van der Waals surface area contributed by atoms with E-state index in [2.05, 4.69) is 42.7 Å². The van der Waals surface area contributed by atoms with Crippen LogP contribution in [-0.4, -0.2) is 24.5 Å². The van der Waals surface area contributed by atoms with Gasteiger partial charge in [0, 0.05) is 12.0 Å². The molecular formula is C14H18BrN5. The number of aryl methyl sites for hydroxylation is 1. The van der Waals surface area contributed by atoms with Crippen LogP contribution in [-0.2, 0) is 6.54 Å². The summed E-state index contributed by atoms with van der Waals surface area (Å²) >= 11 is 3.59. The maximum atomic E-state index is 4.58. The van der Waals surface area contributed by atoms with Gasteiger partial charge >= 0.3 is 0 Å². The molecule has 106 valence electrons. The predicted octanol–water partition coefficient (Wildman–Crippen LogP) is 3.11. The zero-order chi connectivity index (χ0) is 13.9. The molecule has 0 atom stereocenters. The minimum absolute atomic E-state index is 0.635. The largest absolute Gasteiger partial charge is 0.310 e. The summed E-state index contributed by atoms with van der Waals surface area (Å²) in [4.78, 5) is 0. The number of rotatable bonds is 4. The Morgan fingerprint density at radius 3 is 2.45 bits per heavy atom. The van der Waals surface area contributed by atoms with E-state index in [1.54, 1.807) is 0 Å². The molecule has 0 amide bonds. The molecule has 0 saturated heterocycles. The standard InChI is InChI=1S/C14H18BrN5/c1-8-13(15)9(2)19(18-8)7-12-16-17-14(10-3-4-10)20(12)11-5-6-11/h10-11H,3-7H2,1-2H3. The van der Waals surface area contributed by atoms with E-state index in [1.165, 1.54) is 31.5 Å². The fourth-order valence-corrected chi connectivity index (χ4v) is 3.04. The molecule has 20 heavy (non-hydrogen) atoms. The lowest BCUT2D eigenvalue weighted by Gasteiger charge is -2.09. The highest BCUT2D eigenvalue weighted by Crippen LogP contribution is 2.44. The molecule has 4 rings (SSSR count). The van der Waals surface area contributed by atoms with Crippen molar-refractivity contribution in [2.75, 3.05) is 0 Å². The molecule has 2 aliphatic rings. The topological polar surface area (TPSA) is 48.5 Å². The molecule has 0 spiro atoms. The lowest BCUT2D eigenvalue weighted by molar-refractivity contribution is 0.575. The van der Waals surface area contributed by atoms with Gasteiger partial charge in [-0.25, -0.2) is 0 Å². The first-order chi connectivity index (χ1) is 9.65. The fraction of sp³-hybridized carbons (Fsp3) is 0.643. The third kappa shape index (κ3) is 2.01. The molecule has 2 aromatic rings. The van der Waals surface area contributed by atoms with Gasteiger partial charge in [-0.2, -0.15) is 5.10 Å². The first kappa shape index (κ1) is 12.6. The summed E-state index contributed by atoms with van der Waals surface area (Å²) in [7, 11) is 0. The minimum atomic E-state index is 0.635. The monoisotopic (exact) mass is 335 g/mol. The quantitative estimate of drug-likeness (QED) is 0.862. The van der Waals surface area contributed by atoms with Gasteiger partial charge in [-0.1, -0.05) is 0 Å². The van der Waals surface area contributed by atoms with Gasteiger partial charge in [0.1, 0.15) is 12.4 Å². The Hall–Kier alpha value is -1.17. The van der Waals surface area contributed by atoms with Crippen LogP contribution in [0.3, 0.4) is 0 Å². The second-order valence-electron chi connectivity index (χ2n) is 5.99. The van der Waals surface area contributed by atoms with Crippen molar-refractivity contribution < 1.29 is 0 Å². The maximum Gasteiger partial charge on any atom is 0.155 e. The molecule has 0 unspecified atom stereocenters. The Balaban J connectivity index is 1.69. The summed E-state index contributed by atoms with van der Waals surface area (Å²) in [5.74, 6) is 2.93. The molecule has 2 heterocycles. The van der Waals surface area contributed by atoms with Gasteiger partial charge in [-0.15, -0.1) is 10.2 Å². The molecule has 0 aromatic carbocycles. The molecule has 6 heteroatoms. The lowest BCUT2D eigenvalue weighted by Crippen LogP contribution is -2.12. The molecule has 0 radical (unpaired) electrons. The Morgan fingerprint density at radius 1 is 1.15 bits per heavy atom. The Bertz CT molecular complexity index is 663. The van der Waals surface area contributed by atoms with Crippen LogP contribution >= 0.6 is 15.9 Å². The van der Waals surface area contributed by atoms with Gasteiger partial charge in [-0.3, -0.25) is 4.68 Å². The first-order valence-corrected chi connectivity index (χ1v) is 8.07. The zero-order valence-electron chi connectivity index (χ0n) is 11.8. The van der Waals surface area contributed by atoms with Gasteiger partial charge in [0.25, 0.3) is 0 Å². The van der Waals surface area contributed by atoms with Crippen LogP contribution < -0.4 is 0 Å². The average molecular weight is 336 g/mol. The Morgan fingerprint density at radius 2 is 1.90 bits per heavy atom. The zero-order valence-corrected chi connectivity index (χ0v) is 13.4. The van der Waals surface area contributed by atoms with Crippen molar-refractivity contribution >= 4 is 15.9 Å². The van der Waals surface area contributed by atoms with Gasteiger partial charge in [0.05, 0.1) is 15.9 Å². The molecule has 0 N–H and O–H groups in total. The first-order valence-electron chi connectivity index (χ1n) is 7.28. The summed E-state index contributed by atoms with van der Waals surface area (Å²) in [6.07, 6.45) is 5.09. The van der Waals surface area contributed by atoms with Crippen LogP contribution in [0.1, 0.15) is 60.7 Å². The molecule has 5 nitrogen and oxygen atoms in total. The van der Waals surface area contributed by atoms with Crippen molar-refractivity contribution in [1.82, 2.24) is 24.5 Å². The van der Waals surface area contributed by atoms with E-state index in [-0.39, 0.29) is 0 Å². The van der Waals surface area contributed by atoms with E-state index in [4.69, 9.17) is 0 Å². The van der Waals surface area contributed by atoms with E-state index in [0.29, 0.717) is 18.5 Å². The molecule has 0 bridgehead atoms. The van der Waals surface area contributed by atoms with E-state index >= 15 is 0 Å². The lowest BCUT2D eigenvalue weighted by atomic mass is 10.3. The molecular weight excluding hydrogens is 318 g/mol. The van der Waals surface area contributed by atoms with Crippen molar-refractivity contribution in [2.24, 2.45) is 0 Å². The smallest absolute Gasteiger partial charge is 0.155 e. The van der Waals surface area contributed by atoms with E-state index in [1.807, 2.05) is 11.6 Å². The van der Waals surface area contributed by atoms with Crippen LogP contribution in [0.5, 0.6) is 0 Å². The van der Waals surface area contributed by atoms with Gasteiger partial charge < -0.3 is 4.57 Å². The minimum Gasteiger partial charge on any atom is -0.310 e. The van der Waals surface area contributed by atoms with E-state index in [0.717, 1.165) is 21.7 Å². The van der Waals surface area contributed by atoms with Crippen molar-refractivity contribution in [3.8, 4) is 0 Å². The number of hydrogen-bond donors (Lipinski definition) is 0. The maximum absolute atomic E-state index is 4.58. The van der Waals surface area contributed by atoms with Gasteiger partial charge in [0.2, 0.25) is 0 Å². The molecule has 2 aromatic heterocycles. The Kier molecular flexibility index (Phi) is 2.77. The van der Waals surface area contributed by atoms with E-state index in [9.17, 15) is 0 Å². The van der Waals surface area contributed by atoms with Crippen LogP contribution in [0.25, 0.3) is 0 Å². The van der Waals surface area contributed by atoms with Crippen LogP contribution in [0.2, 0.25) is 0 Å². The second-order valence-corrected chi connectivity index (χ2v) is 6.79. The predicted molar refractivity (Wildman–Crippen MR) is 78.8 cm³/mol. The summed E-state index contributed by atoms with van der Waals surface area (Å²) in [6.45, 7) is 4.83. The van der Waals surface area contributed by atoms with Crippen molar-refractivity contribution in [2.45, 2.75) is 58.0 Å². The number of aromatic nitrogens is 5. The molecule has 0 aliphatic heterocycles. The number of nitrogens with zero attached hydrogens (tertiary/aromatic N) is 5. The SMILES string of the molecule is Cc1nn(Cc2nnc(C3CC3)n2C2CC2)c(C)c1Br. The highest BCUT2D eigenvalue weighted by molar-refractivity contribution is 9.10. The fourth-order valence-electron chi connectivity index (χ4n) is 2.76. The third-order valence-electron chi connectivity index (χ3n) is 4.23. The van der Waals surface area contributed by atoms with Crippen LogP contribution in [0, 0.1) is 13.8 Å². The van der Waals surface area contributed by atoms with E-state index < -0.39 is 0 Å². The molecule has 2 aliphatic carbocycles. The highest BCUT2D eigenvalue weighted by atomic mass is 79.9. The number of halogens is 1. The highest BCUT2D eigenvalue weighted by Gasteiger charge is 2.36. The molecule has 2 saturated carbocycles. The van der Waals surface area contributed by atoms with Crippen LogP contribution in [0.4, 0.5) is 0 Å². The van der Waals surface area contributed by atoms with Crippen molar-refractivity contribution in [3.63, 3.8) is 0 Å². The summed E-state index contributed by atoms with van der Waals surface area (Å²) in [6, 6.07) is 0.635.